The van der Waals surface area contributed by atoms with E-state index < -0.39 is 15.8 Å². The minimum Gasteiger partial charge on any atom is -0.426 e. The number of ether oxygens (including phenoxy) is 1. The Morgan fingerprint density at radius 1 is 0.935 bits per heavy atom. The second-order valence-electron chi connectivity index (χ2n) is 7.61. The van der Waals surface area contributed by atoms with Crippen molar-refractivity contribution in [3.63, 3.8) is 0 Å². The van der Waals surface area contributed by atoms with Crippen LogP contribution in [0.25, 0.3) is 28.7 Å². The standard InChI is InChI=1S/C26H20O4S/c27-26(16-17-31(28,29)19-7-2-1-3-8-19)30-25-15-14-23-22-11-10-18-6-4-5-9-20(18)21(22)12-13-24(23)25/h1-8,10-15H,9,16-17H2. The quantitative estimate of drug-likeness (QED) is 0.585. The van der Waals surface area contributed by atoms with Crippen molar-refractivity contribution < 1.29 is 17.9 Å². The van der Waals surface area contributed by atoms with Gasteiger partial charge in [-0.3, -0.25) is 4.79 Å². The number of carbonyl (C=O) groups excluding carboxylic acids is 1. The highest BCUT2D eigenvalue weighted by Gasteiger charge is 2.19. The molecular formula is C26H20O4S. The van der Waals surface area contributed by atoms with Crippen LogP contribution >= 0.6 is 0 Å². The van der Waals surface area contributed by atoms with E-state index in [1.54, 1.807) is 24.3 Å². The number of esters is 1. The van der Waals surface area contributed by atoms with Gasteiger partial charge in [-0.1, -0.05) is 54.6 Å². The molecule has 0 spiro atoms. The van der Waals surface area contributed by atoms with Gasteiger partial charge in [0.05, 0.1) is 17.1 Å². The lowest BCUT2D eigenvalue weighted by molar-refractivity contribution is -0.136. The van der Waals surface area contributed by atoms with Crippen LogP contribution in [0.1, 0.15) is 17.5 Å². The van der Waals surface area contributed by atoms with Crippen LogP contribution in [-0.2, 0) is 25.8 Å². The van der Waals surface area contributed by atoms with Gasteiger partial charge in [-0.05, 0) is 63.9 Å². The third-order valence-electron chi connectivity index (χ3n) is 5.69. The maximum atomic E-state index is 12.4. The summed E-state index contributed by atoms with van der Waals surface area (Å²) in [4.78, 5) is 12.6. The van der Waals surface area contributed by atoms with Gasteiger partial charge in [0.15, 0.2) is 9.84 Å². The Morgan fingerprint density at radius 3 is 2.58 bits per heavy atom. The molecule has 0 saturated carbocycles. The number of allylic oxidation sites excluding steroid dienone is 2. The summed E-state index contributed by atoms with van der Waals surface area (Å²) < 4.78 is 30.3. The van der Waals surface area contributed by atoms with Crippen molar-refractivity contribution in [2.24, 2.45) is 0 Å². The van der Waals surface area contributed by atoms with E-state index in [0.717, 1.165) is 22.6 Å². The summed E-state index contributed by atoms with van der Waals surface area (Å²) in [6, 6.07) is 16.4. The van der Waals surface area contributed by atoms with E-state index in [0.29, 0.717) is 5.76 Å². The van der Waals surface area contributed by atoms with E-state index >= 15 is 0 Å². The van der Waals surface area contributed by atoms with Gasteiger partial charge < -0.3 is 4.74 Å². The van der Waals surface area contributed by atoms with E-state index in [2.05, 4.69) is 36.4 Å². The van der Waals surface area contributed by atoms with Crippen molar-refractivity contribution in [1.29, 1.82) is 0 Å². The average Bonchev–Trinajstić information content (AvgIpc) is 3.21. The van der Waals surface area contributed by atoms with Gasteiger partial charge in [0.25, 0.3) is 0 Å². The molecule has 0 aliphatic heterocycles. The van der Waals surface area contributed by atoms with Crippen molar-refractivity contribution in [2.75, 3.05) is 5.75 Å². The molecule has 2 aliphatic rings. The van der Waals surface area contributed by atoms with E-state index in [1.165, 1.54) is 28.3 Å². The van der Waals surface area contributed by atoms with Crippen LogP contribution in [0.15, 0.2) is 77.7 Å². The molecule has 0 heterocycles. The van der Waals surface area contributed by atoms with Crippen LogP contribution in [0, 0.1) is 0 Å². The monoisotopic (exact) mass is 428 g/mol. The van der Waals surface area contributed by atoms with Crippen molar-refractivity contribution >= 4 is 44.5 Å². The molecule has 0 atom stereocenters. The highest BCUT2D eigenvalue weighted by atomic mass is 32.2. The van der Waals surface area contributed by atoms with E-state index in [9.17, 15) is 13.2 Å². The minimum absolute atomic E-state index is 0.201. The normalized spacial score (nSPS) is 14.3. The predicted molar refractivity (Wildman–Crippen MR) is 122 cm³/mol. The SMILES string of the molecule is O=C(CCS(=O)(=O)c1ccccc1)OC1=c2ccc3c4c(ccc3c2C=C1)=CC=CC4. The zero-order valence-corrected chi connectivity index (χ0v) is 17.6. The van der Waals surface area contributed by atoms with Crippen molar-refractivity contribution in [1.82, 2.24) is 0 Å². The number of carbonyl (C=O) groups is 1. The van der Waals surface area contributed by atoms with Crippen LogP contribution in [0.5, 0.6) is 0 Å². The topological polar surface area (TPSA) is 60.4 Å². The smallest absolute Gasteiger partial charge is 0.312 e. The molecule has 0 N–H and O–H groups in total. The maximum absolute atomic E-state index is 12.4. The highest BCUT2D eigenvalue weighted by molar-refractivity contribution is 7.91. The van der Waals surface area contributed by atoms with Crippen LogP contribution in [-0.4, -0.2) is 20.1 Å². The Kier molecular flexibility index (Phi) is 4.83. The number of fused-ring (bicyclic) bond motifs is 5. The Bertz CT molecular complexity index is 1490. The van der Waals surface area contributed by atoms with Crippen molar-refractivity contribution in [2.45, 2.75) is 17.7 Å². The van der Waals surface area contributed by atoms with Crippen molar-refractivity contribution in [3.05, 3.63) is 94.4 Å². The Balaban J connectivity index is 1.40. The van der Waals surface area contributed by atoms with Crippen LogP contribution in [0.2, 0.25) is 0 Å². The summed E-state index contributed by atoms with van der Waals surface area (Å²) in [6.07, 6.45) is 10.8. The Morgan fingerprint density at radius 2 is 1.74 bits per heavy atom. The molecule has 0 fully saturated rings. The number of rotatable bonds is 5. The molecule has 0 unspecified atom stereocenters. The van der Waals surface area contributed by atoms with Gasteiger partial charge in [0.2, 0.25) is 0 Å². The number of hydrogen-bond acceptors (Lipinski definition) is 4. The first-order valence-electron chi connectivity index (χ1n) is 10.2. The van der Waals surface area contributed by atoms with E-state index in [4.69, 9.17) is 4.74 Å². The molecule has 0 aromatic heterocycles. The minimum atomic E-state index is -3.52. The van der Waals surface area contributed by atoms with E-state index in [-0.39, 0.29) is 17.1 Å². The molecule has 0 bridgehead atoms. The highest BCUT2D eigenvalue weighted by Crippen LogP contribution is 2.24. The maximum Gasteiger partial charge on any atom is 0.312 e. The summed E-state index contributed by atoms with van der Waals surface area (Å²) in [6.45, 7) is 0. The Labute approximate surface area is 180 Å². The van der Waals surface area contributed by atoms with Crippen LogP contribution < -0.4 is 10.4 Å². The largest absolute Gasteiger partial charge is 0.426 e. The zero-order chi connectivity index (χ0) is 21.4. The van der Waals surface area contributed by atoms with E-state index in [1.807, 2.05) is 12.1 Å². The molecule has 0 saturated heterocycles. The third kappa shape index (κ3) is 3.62. The van der Waals surface area contributed by atoms with Gasteiger partial charge in [0.1, 0.15) is 5.76 Å². The first-order valence-corrected chi connectivity index (χ1v) is 11.8. The average molecular weight is 429 g/mol. The summed E-state index contributed by atoms with van der Waals surface area (Å²) in [5.41, 5.74) is 2.32. The summed E-state index contributed by atoms with van der Waals surface area (Å²) >= 11 is 0. The first kappa shape index (κ1) is 19.5. The molecule has 31 heavy (non-hydrogen) atoms. The third-order valence-corrected chi connectivity index (χ3v) is 7.42. The number of sulfone groups is 1. The lowest BCUT2D eigenvalue weighted by Crippen LogP contribution is -2.16. The van der Waals surface area contributed by atoms with Gasteiger partial charge in [0, 0.05) is 5.22 Å². The molecular weight excluding hydrogens is 408 g/mol. The molecule has 2 aliphatic carbocycles. The number of benzene rings is 3. The lowest BCUT2D eigenvalue weighted by atomic mass is 9.94. The fourth-order valence-corrected chi connectivity index (χ4v) is 5.36. The molecule has 3 aromatic carbocycles. The first-order chi connectivity index (χ1) is 15.0. The summed E-state index contributed by atoms with van der Waals surface area (Å²) in [5.74, 6) is -0.381. The molecule has 0 amide bonds. The second-order valence-corrected chi connectivity index (χ2v) is 9.72. The zero-order valence-electron chi connectivity index (χ0n) is 16.7. The van der Waals surface area contributed by atoms with Gasteiger partial charge in [-0.15, -0.1) is 0 Å². The predicted octanol–water partition coefficient (Wildman–Crippen LogP) is 3.27. The van der Waals surface area contributed by atoms with Crippen molar-refractivity contribution in [3.8, 4) is 0 Å². The Hall–Kier alpha value is -3.44. The van der Waals surface area contributed by atoms with Gasteiger partial charge in [-0.25, -0.2) is 8.42 Å². The molecule has 4 nitrogen and oxygen atoms in total. The fraction of sp³-hybridized carbons (Fsp3) is 0.115. The van der Waals surface area contributed by atoms with Gasteiger partial charge >= 0.3 is 5.97 Å². The molecule has 0 radical (unpaired) electrons. The van der Waals surface area contributed by atoms with Gasteiger partial charge in [-0.2, -0.15) is 0 Å². The molecule has 3 aromatic rings. The van der Waals surface area contributed by atoms with Crippen LogP contribution in [0.3, 0.4) is 0 Å². The summed E-state index contributed by atoms with van der Waals surface area (Å²) in [5, 5.41) is 4.39. The molecule has 5 rings (SSSR count). The summed E-state index contributed by atoms with van der Waals surface area (Å²) in [7, 11) is -3.52. The lowest BCUT2D eigenvalue weighted by Gasteiger charge is -2.10. The molecule has 5 heteroatoms. The number of hydrogen-bond donors (Lipinski definition) is 0. The fourth-order valence-electron chi connectivity index (χ4n) is 4.12. The second kappa shape index (κ2) is 7.67. The van der Waals surface area contributed by atoms with Crippen LogP contribution in [0.4, 0.5) is 0 Å². The molecule has 154 valence electrons.